The minimum atomic E-state index is -0.608. The maximum Gasteiger partial charge on any atom is 0.273 e. The lowest BCUT2D eigenvalue weighted by Crippen LogP contribution is -2.33. The first kappa shape index (κ1) is 19.6. The largest absolute Gasteiger partial charge is 0.368 e. The first-order valence-corrected chi connectivity index (χ1v) is 8.76. The molecule has 9 heteroatoms. The van der Waals surface area contributed by atoms with Crippen LogP contribution in [-0.2, 0) is 11.3 Å². The molecule has 0 aliphatic rings. The molecule has 3 amide bonds. The number of benzene rings is 1. The zero-order valence-corrected chi connectivity index (χ0v) is 16.0. The van der Waals surface area contributed by atoms with E-state index >= 15 is 0 Å². The number of aromatic amines is 1. The fourth-order valence-corrected chi connectivity index (χ4v) is 3.00. The number of hydrogen-bond acceptors (Lipinski definition) is 4. The SMILES string of the molecule is CC(C)c1[nH]nc(C(=O)NCc2ccc(C(=O)NCC(N)=O)cc2)c1Br. The summed E-state index contributed by atoms with van der Waals surface area (Å²) in [5.41, 5.74) is 7.37. The van der Waals surface area contributed by atoms with Crippen molar-refractivity contribution in [3.05, 3.63) is 51.3 Å². The monoisotopic (exact) mass is 421 g/mol. The van der Waals surface area contributed by atoms with Gasteiger partial charge < -0.3 is 16.4 Å². The zero-order chi connectivity index (χ0) is 19.3. The summed E-state index contributed by atoms with van der Waals surface area (Å²) in [5.74, 6) is -1.08. The number of carbonyl (C=O) groups is 3. The highest BCUT2D eigenvalue weighted by molar-refractivity contribution is 9.10. The Morgan fingerprint density at radius 3 is 2.35 bits per heavy atom. The molecule has 26 heavy (non-hydrogen) atoms. The molecule has 0 fully saturated rings. The third-order valence-corrected chi connectivity index (χ3v) is 4.42. The Morgan fingerprint density at radius 2 is 1.81 bits per heavy atom. The van der Waals surface area contributed by atoms with Gasteiger partial charge in [0, 0.05) is 12.1 Å². The van der Waals surface area contributed by atoms with Gasteiger partial charge in [0.1, 0.15) is 0 Å². The Bertz CT molecular complexity index is 814. The summed E-state index contributed by atoms with van der Waals surface area (Å²) in [5, 5.41) is 12.1. The second kappa shape index (κ2) is 8.61. The average molecular weight is 422 g/mol. The van der Waals surface area contributed by atoms with E-state index in [4.69, 9.17) is 5.73 Å². The number of nitrogens with two attached hydrogens (primary N) is 1. The highest BCUT2D eigenvalue weighted by atomic mass is 79.9. The van der Waals surface area contributed by atoms with Gasteiger partial charge in [0.05, 0.1) is 16.7 Å². The van der Waals surface area contributed by atoms with Gasteiger partial charge >= 0.3 is 0 Å². The molecule has 2 rings (SSSR count). The molecule has 0 saturated heterocycles. The third-order valence-electron chi connectivity index (χ3n) is 3.62. The molecule has 138 valence electrons. The molecule has 1 heterocycles. The van der Waals surface area contributed by atoms with Gasteiger partial charge in [0.25, 0.3) is 11.8 Å². The van der Waals surface area contributed by atoms with Gasteiger partial charge in [-0.1, -0.05) is 26.0 Å². The van der Waals surface area contributed by atoms with Crippen molar-refractivity contribution in [2.75, 3.05) is 6.54 Å². The molecular formula is C17H20BrN5O3. The lowest BCUT2D eigenvalue weighted by atomic mass is 10.1. The summed E-state index contributed by atoms with van der Waals surface area (Å²) in [6.07, 6.45) is 0. The van der Waals surface area contributed by atoms with Crippen molar-refractivity contribution in [3.8, 4) is 0 Å². The van der Waals surface area contributed by atoms with Crippen LogP contribution in [0.3, 0.4) is 0 Å². The van der Waals surface area contributed by atoms with E-state index in [1.165, 1.54) is 0 Å². The highest BCUT2D eigenvalue weighted by Gasteiger charge is 2.19. The molecule has 0 bridgehead atoms. The molecule has 0 aliphatic heterocycles. The number of nitrogens with zero attached hydrogens (tertiary/aromatic N) is 1. The number of hydrogen-bond donors (Lipinski definition) is 4. The van der Waals surface area contributed by atoms with E-state index in [-0.39, 0.29) is 24.3 Å². The van der Waals surface area contributed by atoms with E-state index in [0.717, 1.165) is 11.3 Å². The van der Waals surface area contributed by atoms with Gasteiger partial charge in [-0.3, -0.25) is 19.5 Å². The Hall–Kier alpha value is -2.68. The van der Waals surface area contributed by atoms with Crippen molar-refractivity contribution in [2.24, 2.45) is 5.73 Å². The summed E-state index contributed by atoms with van der Waals surface area (Å²) in [7, 11) is 0. The molecule has 1 aromatic carbocycles. The van der Waals surface area contributed by atoms with Crippen LogP contribution in [0.15, 0.2) is 28.7 Å². The van der Waals surface area contributed by atoms with E-state index in [2.05, 4.69) is 36.8 Å². The quantitative estimate of drug-likeness (QED) is 0.538. The number of amides is 3. The molecule has 8 nitrogen and oxygen atoms in total. The fraction of sp³-hybridized carbons (Fsp3) is 0.294. The van der Waals surface area contributed by atoms with E-state index in [9.17, 15) is 14.4 Å². The molecule has 1 aromatic heterocycles. The predicted octanol–water partition coefficient (Wildman–Crippen LogP) is 1.44. The second-order valence-electron chi connectivity index (χ2n) is 5.98. The predicted molar refractivity (Wildman–Crippen MR) is 99.5 cm³/mol. The van der Waals surface area contributed by atoms with Gasteiger partial charge in [-0.15, -0.1) is 0 Å². The zero-order valence-electron chi connectivity index (χ0n) is 14.4. The highest BCUT2D eigenvalue weighted by Crippen LogP contribution is 2.25. The van der Waals surface area contributed by atoms with Crippen LogP contribution in [-0.4, -0.2) is 34.5 Å². The Labute approximate surface area is 159 Å². The lowest BCUT2D eigenvalue weighted by molar-refractivity contribution is -0.117. The first-order valence-electron chi connectivity index (χ1n) is 7.97. The van der Waals surface area contributed by atoms with Gasteiger partial charge in [-0.2, -0.15) is 5.10 Å². The van der Waals surface area contributed by atoms with Crippen LogP contribution in [0.2, 0.25) is 0 Å². The van der Waals surface area contributed by atoms with E-state index in [1.807, 2.05) is 13.8 Å². The standard InChI is InChI=1S/C17H20BrN5O3/c1-9(2)14-13(18)15(23-22-14)17(26)20-7-10-3-5-11(6-4-10)16(25)21-8-12(19)24/h3-6,9H,7-8H2,1-2H3,(H2,19,24)(H,20,26)(H,21,25)(H,22,23). The topological polar surface area (TPSA) is 130 Å². The van der Waals surface area contributed by atoms with Crippen LogP contribution >= 0.6 is 15.9 Å². The van der Waals surface area contributed by atoms with Crippen molar-refractivity contribution in [2.45, 2.75) is 26.3 Å². The number of rotatable bonds is 7. The Balaban J connectivity index is 1.94. The van der Waals surface area contributed by atoms with Crippen molar-refractivity contribution >= 4 is 33.7 Å². The third kappa shape index (κ3) is 4.92. The van der Waals surface area contributed by atoms with Crippen molar-refractivity contribution in [1.82, 2.24) is 20.8 Å². The van der Waals surface area contributed by atoms with Gasteiger partial charge in [0.2, 0.25) is 5.91 Å². The van der Waals surface area contributed by atoms with Crippen LogP contribution in [0.25, 0.3) is 0 Å². The molecular weight excluding hydrogens is 402 g/mol. The maximum atomic E-state index is 12.3. The molecule has 0 spiro atoms. The number of carbonyl (C=O) groups excluding carboxylic acids is 3. The maximum absolute atomic E-state index is 12.3. The van der Waals surface area contributed by atoms with Crippen LogP contribution in [0, 0.1) is 0 Å². The van der Waals surface area contributed by atoms with Crippen molar-refractivity contribution in [3.63, 3.8) is 0 Å². The van der Waals surface area contributed by atoms with Gasteiger partial charge in [-0.05, 0) is 39.5 Å². The van der Waals surface area contributed by atoms with Crippen LogP contribution < -0.4 is 16.4 Å². The van der Waals surface area contributed by atoms with E-state index < -0.39 is 5.91 Å². The number of halogens is 1. The van der Waals surface area contributed by atoms with E-state index in [0.29, 0.717) is 22.3 Å². The number of H-pyrrole nitrogens is 1. The van der Waals surface area contributed by atoms with Crippen LogP contribution in [0.4, 0.5) is 0 Å². The summed E-state index contributed by atoms with van der Waals surface area (Å²) in [4.78, 5) is 34.7. The smallest absolute Gasteiger partial charge is 0.273 e. The summed E-state index contributed by atoms with van der Waals surface area (Å²) < 4.78 is 0.659. The van der Waals surface area contributed by atoms with Crippen LogP contribution in [0.1, 0.15) is 51.9 Å². The Kier molecular flexibility index (Phi) is 6.51. The summed E-state index contributed by atoms with van der Waals surface area (Å²) in [6, 6.07) is 6.66. The normalized spacial score (nSPS) is 10.6. The van der Waals surface area contributed by atoms with Crippen molar-refractivity contribution < 1.29 is 14.4 Å². The lowest BCUT2D eigenvalue weighted by Gasteiger charge is -2.06. The molecule has 2 aromatic rings. The van der Waals surface area contributed by atoms with Crippen molar-refractivity contribution in [1.29, 1.82) is 0 Å². The Morgan fingerprint density at radius 1 is 1.15 bits per heavy atom. The van der Waals surface area contributed by atoms with E-state index in [1.54, 1.807) is 24.3 Å². The summed E-state index contributed by atoms with van der Waals surface area (Å²) >= 11 is 3.40. The molecule has 0 saturated carbocycles. The minimum absolute atomic E-state index is 0.215. The molecule has 0 aliphatic carbocycles. The number of primary amides is 1. The summed E-state index contributed by atoms with van der Waals surface area (Å²) in [6.45, 7) is 4.08. The minimum Gasteiger partial charge on any atom is -0.368 e. The number of aromatic nitrogens is 2. The molecule has 0 unspecified atom stereocenters. The van der Waals surface area contributed by atoms with Crippen LogP contribution in [0.5, 0.6) is 0 Å². The first-order chi connectivity index (χ1) is 12.3. The number of nitrogens with one attached hydrogen (secondary N) is 3. The van der Waals surface area contributed by atoms with Gasteiger partial charge in [-0.25, -0.2) is 0 Å². The fourth-order valence-electron chi connectivity index (χ4n) is 2.18. The molecule has 5 N–H and O–H groups in total. The molecule has 0 atom stereocenters. The molecule has 0 radical (unpaired) electrons. The second-order valence-corrected chi connectivity index (χ2v) is 6.78. The average Bonchev–Trinajstić information content (AvgIpc) is 2.99. The van der Waals surface area contributed by atoms with Gasteiger partial charge in [0.15, 0.2) is 5.69 Å².